The molecule has 152 valence electrons. The van der Waals surface area contributed by atoms with Gasteiger partial charge in [0.25, 0.3) is 10.0 Å². The van der Waals surface area contributed by atoms with Crippen LogP contribution in [0.5, 0.6) is 0 Å². The molecule has 0 atom stereocenters. The zero-order valence-corrected chi connectivity index (χ0v) is 17.7. The molecule has 29 heavy (non-hydrogen) atoms. The van der Waals surface area contributed by atoms with Gasteiger partial charge in [-0.05, 0) is 52.0 Å². The third-order valence-electron chi connectivity index (χ3n) is 4.49. The van der Waals surface area contributed by atoms with Crippen LogP contribution < -0.4 is 5.63 Å². The topological polar surface area (TPSA) is 80.0 Å². The summed E-state index contributed by atoms with van der Waals surface area (Å²) >= 11 is 0. The number of sulfonamides is 1. The Morgan fingerprint density at radius 2 is 1.52 bits per heavy atom. The molecule has 0 saturated heterocycles. The number of nitrogens with zero attached hydrogens (tertiary/aromatic N) is 2. The fourth-order valence-electron chi connectivity index (χ4n) is 3.30. The van der Waals surface area contributed by atoms with Gasteiger partial charge in [-0.2, -0.15) is 8.42 Å². The number of hydrogen-bond donors (Lipinski definition) is 0. The second-order valence-corrected chi connectivity index (χ2v) is 8.89. The Hall–Kier alpha value is -2.93. The second-order valence-electron chi connectivity index (χ2n) is 7.28. The summed E-state index contributed by atoms with van der Waals surface area (Å²) in [4.78, 5) is 14.6. The van der Waals surface area contributed by atoms with Gasteiger partial charge in [-0.25, -0.2) is 4.79 Å². The van der Waals surface area contributed by atoms with E-state index in [1.165, 1.54) is 12.1 Å². The largest absolute Gasteiger partial charge is 0.422 e. The first-order valence-corrected chi connectivity index (χ1v) is 10.9. The molecule has 0 bridgehead atoms. The lowest BCUT2D eigenvalue weighted by molar-refractivity contribution is 0.292. The molecule has 0 spiro atoms. The van der Waals surface area contributed by atoms with Crippen LogP contribution in [0.1, 0.15) is 33.3 Å². The summed E-state index contributed by atoms with van der Waals surface area (Å²) < 4.78 is 35.5. The number of para-hydroxylation sites is 1. The Morgan fingerprint density at radius 1 is 0.931 bits per heavy atom. The summed E-state index contributed by atoms with van der Waals surface area (Å²) in [7, 11) is -4.02. The molecule has 0 N–H and O–H groups in total. The van der Waals surface area contributed by atoms with Crippen LogP contribution in [0.15, 0.2) is 79.2 Å². The molecular weight excluding hydrogens is 388 g/mol. The maximum absolute atomic E-state index is 13.0. The Bertz CT molecular complexity index is 1190. The minimum Gasteiger partial charge on any atom is -0.422 e. The highest BCUT2D eigenvalue weighted by Crippen LogP contribution is 2.20. The van der Waals surface area contributed by atoms with E-state index >= 15 is 0 Å². The summed E-state index contributed by atoms with van der Waals surface area (Å²) in [6.07, 6.45) is 0. The molecule has 0 aliphatic carbocycles. The molecule has 0 unspecified atom stereocenters. The van der Waals surface area contributed by atoms with Crippen molar-refractivity contribution in [1.29, 1.82) is 0 Å². The van der Waals surface area contributed by atoms with Crippen LogP contribution in [-0.4, -0.2) is 31.2 Å². The normalized spacial score (nSPS) is 12.7. The molecule has 0 radical (unpaired) electrons. The maximum atomic E-state index is 13.0. The van der Waals surface area contributed by atoms with Crippen LogP contribution in [0.25, 0.3) is 11.0 Å². The number of benzene rings is 2. The maximum Gasteiger partial charge on any atom is 0.347 e. The second kappa shape index (κ2) is 8.21. The lowest BCUT2D eigenvalue weighted by Gasteiger charge is -2.33. The van der Waals surface area contributed by atoms with E-state index < -0.39 is 15.6 Å². The van der Waals surface area contributed by atoms with E-state index in [2.05, 4.69) is 4.40 Å². The van der Waals surface area contributed by atoms with Gasteiger partial charge in [0.1, 0.15) is 11.1 Å². The zero-order valence-electron chi connectivity index (χ0n) is 16.9. The molecule has 3 aromatic rings. The molecule has 0 aliphatic heterocycles. The van der Waals surface area contributed by atoms with Crippen LogP contribution in [0.3, 0.4) is 0 Å². The molecular formula is C22H24N2O4S. The van der Waals surface area contributed by atoms with Gasteiger partial charge in [0, 0.05) is 17.5 Å². The highest BCUT2D eigenvalue weighted by Gasteiger charge is 2.26. The van der Waals surface area contributed by atoms with E-state index in [1.54, 1.807) is 42.5 Å². The van der Waals surface area contributed by atoms with Gasteiger partial charge in [-0.3, -0.25) is 0 Å². The summed E-state index contributed by atoms with van der Waals surface area (Å²) in [5.74, 6) is 0.0818. The highest BCUT2D eigenvalue weighted by atomic mass is 32.2. The fraction of sp³-hybridized carbons (Fsp3) is 0.273. The van der Waals surface area contributed by atoms with E-state index in [-0.39, 0.29) is 28.4 Å². The molecule has 1 aromatic heterocycles. The molecule has 3 rings (SSSR count). The van der Waals surface area contributed by atoms with Crippen molar-refractivity contribution >= 4 is 26.8 Å². The van der Waals surface area contributed by atoms with Crippen molar-refractivity contribution in [1.82, 2.24) is 4.90 Å². The van der Waals surface area contributed by atoms with Crippen LogP contribution in [0, 0.1) is 0 Å². The van der Waals surface area contributed by atoms with Gasteiger partial charge < -0.3 is 9.32 Å². The SMILES string of the molecule is CC(C)N(/C(=N/S(=O)(=O)c1ccccc1)c1cc2ccccc2oc1=O)C(C)C. The first-order chi connectivity index (χ1) is 13.7. The third-order valence-corrected chi connectivity index (χ3v) is 5.77. The van der Waals surface area contributed by atoms with Crippen molar-refractivity contribution in [2.75, 3.05) is 0 Å². The van der Waals surface area contributed by atoms with Crippen molar-refractivity contribution in [2.45, 2.75) is 44.7 Å². The van der Waals surface area contributed by atoms with Crippen LogP contribution >= 0.6 is 0 Å². The van der Waals surface area contributed by atoms with Gasteiger partial charge in [-0.1, -0.05) is 36.4 Å². The number of fused-ring (bicyclic) bond motifs is 1. The smallest absolute Gasteiger partial charge is 0.347 e. The van der Waals surface area contributed by atoms with Crippen molar-refractivity contribution in [3.8, 4) is 0 Å². The molecule has 2 aromatic carbocycles. The van der Waals surface area contributed by atoms with E-state index in [0.29, 0.717) is 11.0 Å². The van der Waals surface area contributed by atoms with Crippen LogP contribution in [0.4, 0.5) is 0 Å². The molecule has 0 amide bonds. The molecule has 1 heterocycles. The molecule has 0 fully saturated rings. The Labute approximate surface area is 170 Å². The van der Waals surface area contributed by atoms with E-state index in [4.69, 9.17) is 4.42 Å². The third kappa shape index (κ3) is 4.40. The molecule has 0 aliphatic rings. The average Bonchev–Trinajstić information content (AvgIpc) is 2.67. The van der Waals surface area contributed by atoms with Gasteiger partial charge in [0.15, 0.2) is 5.84 Å². The number of amidine groups is 1. The molecule has 6 nitrogen and oxygen atoms in total. The predicted molar refractivity (Wildman–Crippen MR) is 115 cm³/mol. The highest BCUT2D eigenvalue weighted by molar-refractivity contribution is 7.90. The minimum atomic E-state index is -4.02. The summed E-state index contributed by atoms with van der Waals surface area (Å²) in [6.45, 7) is 7.70. The molecule has 7 heteroatoms. The number of hydrogen-bond acceptors (Lipinski definition) is 4. The zero-order chi connectivity index (χ0) is 21.2. The van der Waals surface area contributed by atoms with Crippen LogP contribution in [-0.2, 0) is 10.0 Å². The Morgan fingerprint density at radius 3 is 2.14 bits per heavy atom. The summed E-state index contributed by atoms with van der Waals surface area (Å²) in [6, 6.07) is 16.5. The lowest BCUT2D eigenvalue weighted by atomic mass is 10.1. The predicted octanol–water partition coefficient (Wildman–Crippen LogP) is 4.05. The fourth-order valence-corrected chi connectivity index (χ4v) is 4.32. The minimum absolute atomic E-state index is 0.0649. The average molecular weight is 413 g/mol. The van der Waals surface area contributed by atoms with Gasteiger partial charge in [-0.15, -0.1) is 4.40 Å². The summed E-state index contributed by atoms with van der Waals surface area (Å²) in [5.41, 5.74) is -0.0743. The van der Waals surface area contributed by atoms with Gasteiger partial charge in [0.05, 0.1) is 4.90 Å². The lowest BCUT2D eigenvalue weighted by Crippen LogP contribution is -2.44. The number of rotatable bonds is 5. The monoisotopic (exact) mass is 412 g/mol. The Balaban J connectivity index is 2.30. The van der Waals surface area contributed by atoms with Crippen LogP contribution in [0.2, 0.25) is 0 Å². The quantitative estimate of drug-likeness (QED) is 0.359. The van der Waals surface area contributed by atoms with E-state index in [1.807, 2.05) is 38.7 Å². The van der Waals surface area contributed by atoms with Crippen molar-refractivity contribution < 1.29 is 12.8 Å². The van der Waals surface area contributed by atoms with Crippen molar-refractivity contribution in [2.24, 2.45) is 4.40 Å². The van der Waals surface area contributed by atoms with E-state index in [0.717, 1.165) is 0 Å². The van der Waals surface area contributed by atoms with Gasteiger partial charge in [0.2, 0.25) is 0 Å². The Kier molecular flexibility index (Phi) is 5.88. The molecule has 0 saturated carbocycles. The van der Waals surface area contributed by atoms with Crippen molar-refractivity contribution in [3.05, 3.63) is 76.6 Å². The van der Waals surface area contributed by atoms with E-state index in [9.17, 15) is 13.2 Å². The van der Waals surface area contributed by atoms with Crippen molar-refractivity contribution in [3.63, 3.8) is 0 Å². The van der Waals surface area contributed by atoms with Gasteiger partial charge >= 0.3 is 5.63 Å². The summed E-state index contributed by atoms with van der Waals surface area (Å²) in [5, 5.41) is 0.694. The first-order valence-electron chi connectivity index (χ1n) is 9.42. The first kappa shape index (κ1) is 20.8. The standard InChI is InChI=1S/C22H24N2O4S/c1-15(2)24(16(3)4)21(23-29(26,27)18-11-6-5-7-12-18)19-14-17-10-8-9-13-20(17)28-22(19)25/h5-16H,1-4H3/b23-21+.